The fraction of sp³-hybridized carbons (Fsp3) is 0.355. The van der Waals surface area contributed by atoms with Crippen molar-refractivity contribution in [2.45, 2.75) is 51.6 Å². The largest absolute Gasteiger partial charge is 0.494 e. The summed E-state index contributed by atoms with van der Waals surface area (Å²) in [5.41, 5.74) is 4.08. The maximum atomic E-state index is 14.3. The summed E-state index contributed by atoms with van der Waals surface area (Å²) < 4.78 is 33.6. The van der Waals surface area contributed by atoms with E-state index in [-0.39, 0.29) is 24.3 Å². The SMILES string of the molecule is COc1cc(C(=O)O)cc2c1nc(CN1CCc3cc(Cl)c(OCc4ccc(Cl)cc4F)cc3[C@@H]1C)n2C[C@@H]1CCO1. The third kappa shape index (κ3) is 5.54. The molecule has 2 aliphatic rings. The Bertz CT molecular complexity index is 1670. The van der Waals surface area contributed by atoms with Gasteiger partial charge in [-0.15, -0.1) is 0 Å². The third-order valence-electron chi connectivity index (χ3n) is 8.15. The molecule has 6 rings (SSSR count). The highest BCUT2D eigenvalue weighted by Gasteiger charge is 2.29. The van der Waals surface area contributed by atoms with Crippen LogP contribution in [0.4, 0.5) is 4.39 Å². The number of hydrogen-bond donors (Lipinski definition) is 1. The van der Waals surface area contributed by atoms with Crippen LogP contribution < -0.4 is 9.47 Å². The molecule has 4 aromatic rings. The van der Waals surface area contributed by atoms with Gasteiger partial charge in [0.15, 0.2) is 0 Å². The smallest absolute Gasteiger partial charge is 0.335 e. The van der Waals surface area contributed by atoms with Gasteiger partial charge >= 0.3 is 5.97 Å². The molecule has 0 unspecified atom stereocenters. The Morgan fingerprint density at radius 1 is 1.19 bits per heavy atom. The molecule has 220 valence electrons. The van der Waals surface area contributed by atoms with Crippen LogP contribution in [0.5, 0.6) is 11.5 Å². The van der Waals surface area contributed by atoms with Crippen LogP contribution in [0.25, 0.3) is 11.0 Å². The lowest BCUT2D eigenvalue weighted by atomic mass is 9.93. The Balaban J connectivity index is 1.29. The molecule has 11 heteroatoms. The normalized spacial score (nSPS) is 18.5. The van der Waals surface area contributed by atoms with Crippen molar-refractivity contribution >= 4 is 40.2 Å². The highest BCUT2D eigenvalue weighted by Crippen LogP contribution is 2.38. The van der Waals surface area contributed by atoms with Gasteiger partial charge in [0.1, 0.15) is 35.3 Å². The number of aromatic nitrogens is 2. The van der Waals surface area contributed by atoms with E-state index in [4.69, 9.17) is 42.4 Å². The lowest BCUT2D eigenvalue weighted by Crippen LogP contribution is -2.36. The van der Waals surface area contributed by atoms with Crippen molar-refractivity contribution in [3.63, 3.8) is 0 Å². The fourth-order valence-corrected chi connectivity index (χ4v) is 6.05. The van der Waals surface area contributed by atoms with E-state index in [2.05, 4.69) is 16.4 Å². The summed E-state index contributed by atoms with van der Waals surface area (Å²) in [6.07, 6.45) is 1.77. The lowest BCUT2D eigenvalue weighted by molar-refractivity contribution is -0.0592. The summed E-state index contributed by atoms with van der Waals surface area (Å²) >= 11 is 12.5. The van der Waals surface area contributed by atoms with Gasteiger partial charge in [-0.2, -0.15) is 0 Å². The average molecular weight is 615 g/mol. The monoisotopic (exact) mass is 613 g/mol. The van der Waals surface area contributed by atoms with E-state index in [0.717, 1.165) is 36.3 Å². The summed E-state index contributed by atoms with van der Waals surface area (Å²) in [6, 6.07) is 11.5. The maximum Gasteiger partial charge on any atom is 0.335 e. The number of rotatable bonds is 9. The van der Waals surface area contributed by atoms with E-state index in [1.54, 1.807) is 18.2 Å². The van der Waals surface area contributed by atoms with Crippen molar-refractivity contribution in [1.29, 1.82) is 0 Å². The van der Waals surface area contributed by atoms with Gasteiger partial charge in [-0.1, -0.05) is 29.3 Å². The highest BCUT2D eigenvalue weighted by atomic mass is 35.5. The van der Waals surface area contributed by atoms with Crippen LogP contribution in [0.2, 0.25) is 10.0 Å². The summed E-state index contributed by atoms with van der Waals surface area (Å²) in [6.45, 7) is 4.75. The van der Waals surface area contributed by atoms with Crippen molar-refractivity contribution in [2.24, 2.45) is 0 Å². The molecular weight excluding hydrogens is 584 g/mol. The van der Waals surface area contributed by atoms with Gasteiger partial charge in [0.2, 0.25) is 0 Å². The number of aromatic carboxylic acids is 1. The van der Waals surface area contributed by atoms with Gasteiger partial charge in [-0.05, 0) is 67.3 Å². The van der Waals surface area contributed by atoms with Crippen molar-refractivity contribution in [1.82, 2.24) is 14.5 Å². The fourth-order valence-electron chi connectivity index (χ4n) is 5.65. The molecule has 0 bridgehead atoms. The quantitative estimate of drug-likeness (QED) is 0.225. The predicted molar refractivity (Wildman–Crippen MR) is 157 cm³/mol. The van der Waals surface area contributed by atoms with E-state index in [1.807, 2.05) is 12.1 Å². The number of ether oxygens (including phenoxy) is 3. The van der Waals surface area contributed by atoms with E-state index < -0.39 is 11.8 Å². The van der Waals surface area contributed by atoms with Gasteiger partial charge in [-0.25, -0.2) is 14.2 Å². The molecule has 8 nitrogen and oxygen atoms in total. The summed E-state index contributed by atoms with van der Waals surface area (Å²) in [5, 5.41) is 10.5. The third-order valence-corrected chi connectivity index (χ3v) is 8.68. The first-order valence-corrected chi connectivity index (χ1v) is 14.5. The number of imidazole rings is 1. The molecule has 2 atom stereocenters. The molecule has 0 aliphatic carbocycles. The molecule has 0 amide bonds. The summed E-state index contributed by atoms with van der Waals surface area (Å²) in [7, 11) is 1.52. The first-order chi connectivity index (χ1) is 20.2. The standard InChI is InChI=1S/C31H30Cl2FN3O5/c1-17-23-13-27(42-16-19-3-4-21(32)12-25(19)34)24(33)9-18(23)5-7-36(17)15-29-35-30-26(37(29)14-22-6-8-41-22)10-20(31(38)39)11-28(30)40-2/h3-4,9-13,17,22H,5-8,14-16H2,1-2H3,(H,38,39)/t17-,22-/m0/s1. The first kappa shape index (κ1) is 28.7. The minimum Gasteiger partial charge on any atom is -0.494 e. The number of hydrogen-bond acceptors (Lipinski definition) is 6. The number of carbonyl (C=O) groups is 1. The minimum atomic E-state index is -1.03. The molecule has 0 spiro atoms. The van der Waals surface area contributed by atoms with Crippen LogP contribution >= 0.6 is 23.2 Å². The summed E-state index contributed by atoms with van der Waals surface area (Å²) in [4.78, 5) is 19.1. The van der Waals surface area contributed by atoms with Gasteiger partial charge in [0.25, 0.3) is 0 Å². The molecule has 42 heavy (non-hydrogen) atoms. The van der Waals surface area contributed by atoms with Crippen molar-refractivity contribution in [3.05, 3.63) is 86.4 Å². The van der Waals surface area contributed by atoms with Crippen LogP contribution in [0.1, 0.15) is 52.3 Å². The molecule has 1 fully saturated rings. The molecular formula is C31H30Cl2FN3O5. The minimum absolute atomic E-state index is 0.00493. The van der Waals surface area contributed by atoms with Gasteiger partial charge < -0.3 is 23.9 Å². The number of benzene rings is 3. The van der Waals surface area contributed by atoms with Crippen molar-refractivity contribution in [3.8, 4) is 11.5 Å². The lowest BCUT2D eigenvalue weighted by Gasteiger charge is -2.36. The van der Waals surface area contributed by atoms with Crippen LogP contribution in [0, 0.1) is 5.82 Å². The highest BCUT2D eigenvalue weighted by molar-refractivity contribution is 6.32. The second-order valence-electron chi connectivity index (χ2n) is 10.7. The number of carboxylic acids is 1. The zero-order valence-corrected chi connectivity index (χ0v) is 24.7. The second-order valence-corrected chi connectivity index (χ2v) is 11.5. The first-order valence-electron chi connectivity index (χ1n) is 13.8. The van der Waals surface area contributed by atoms with Gasteiger partial charge in [0, 0.05) is 29.8 Å². The van der Waals surface area contributed by atoms with Crippen LogP contribution in [-0.2, 0) is 30.9 Å². The number of nitrogens with zero attached hydrogens (tertiary/aromatic N) is 3. The van der Waals surface area contributed by atoms with E-state index in [9.17, 15) is 14.3 Å². The molecule has 3 heterocycles. The van der Waals surface area contributed by atoms with Gasteiger partial charge in [0.05, 0.1) is 42.4 Å². The zero-order chi connectivity index (χ0) is 29.5. The molecule has 3 aromatic carbocycles. The molecule has 1 N–H and O–H groups in total. The topological polar surface area (TPSA) is 86.0 Å². The van der Waals surface area contributed by atoms with Crippen molar-refractivity contribution in [2.75, 3.05) is 20.3 Å². The number of halogens is 3. The molecule has 1 saturated heterocycles. The predicted octanol–water partition coefficient (Wildman–Crippen LogP) is 6.68. The summed E-state index contributed by atoms with van der Waals surface area (Å²) in [5.74, 6) is 0.253. The van der Waals surface area contributed by atoms with Crippen molar-refractivity contribution < 1.29 is 28.5 Å². The Morgan fingerprint density at radius 2 is 2.00 bits per heavy atom. The molecule has 1 aromatic heterocycles. The Hall–Kier alpha value is -3.37. The zero-order valence-electron chi connectivity index (χ0n) is 23.2. The van der Waals surface area contributed by atoms with Crippen LogP contribution in [0.3, 0.4) is 0 Å². The Morgan fingerprint density at radius 3 is 2.69 bits per heavy atom. The Labute approximate surface area is 252 Å². The molecule has 0 radical (unpaired) electrons. The molecule has 0 saturated carbocycles. The van der Waals surface area contributed by atoms with Gasteiger partial charge in [-0.3, -0.25) is 4.90 Å². The Kier molecular flexibility index (Phi) is 8.02. The second kappa shape index (κ2) is 11.7. The number of carboxylic acid groups (broad SMARTS) is 1. The van der Waals surface area contributed by atoms with E-state index in [1.165, 1.54) is 19.2 Å². The number of methoxy groups -OCH3 is 1. The van der Waals surface area contributed by atoms with E-state index in [0.29, 0.717) is 57.8 Å². The maximum absolute atomic E-state index is 14.3. The molecule has 2 aliphatic heterocycles. The van der Waals surface area contributed by atoms with Crippen LogP contribution in [-0.4, -0.2) is 51.9 Å². The van der Waals surface area contributed by atoms with Crippen LogP contribution in [0.15, 0.2) is 42.5 Å². The average Bonchev–Trinajstić information content (AvgIpc) is 3.28. The number of fused-ring (bicyclic) bond motifs is 2. The van der Waals surface area contributed by atoms with E-state index >= 15 is 0 Å².